The van der Waals surface area contributed by atoms with E-state index in [1.54, 1.807) is 4.90 Å². The topological polar surface area (TPSA) is 91.8 Å². The Labute approximate surface area is 166 Å². The van der Waals surface area contributed by atoms with E-state index in [2.05, 4.69) is 25.5 Å². The number of hydrogen-bond donors (Lipinski definition) is 2. The number of aromatic nitrogens is 2. The molecule has 0 atom stereocenters. The molecule has 28 heavy (non-hydrogen) atoms. The fourth-order valence-corrected chi connectivity index (χ4v) is 3.50. The van der Waals surface area contributed by atoms with E-state index in [1.165, 1.54) is 0 Å². The third kappa shape index (κ3) is 6.20. The first-order chi connectivity index (χ1) is 13.6. The summed E-state index contributed by atoms with van der Waals surface area (Å²) in [6.45, 7) is 11.0. The Bertz CT molecular complexity index is 630. The third-order valence-electron chi connectivity index (χ3n) is 5.04. The summed E-state index contributed by atoms with van der Waals surface area (Å²) in [6, 6.07) is 2.26. The number of hydrogen-bond acceptors (Lipinski definition) is 8. The normalized spacial score (nSPS) is 18.7. The van der Waals surface area contributed by atoms with E-state index in [0.717, 1.165) is 63.7 Å². The Morgan fingerprint density at radius 3 is 2.71 bits per heavy atom. The van der Waals surface area contributed by atoms with Crippen molar-refractivity contribution in [2.24, 2.45) is 0 Å². The smallest absolute Gasteiger partial charge is 0.409 e. The van der Waals surface area contributed by atoms with E-state index in [4.69, 9.17) is 9.47 Å². The van der Waals surface area contributed by atoms with Crippen LogP contribution in [-0.4, -0.2) is 91.0 Å². The molecule has 0 saturated carbocycles. The highest BCUT2D eigenvalue weighted by Gasteiger charge is 2.23. The van der Waals surface area contributed by atoms with Crippen LogP contribution >= 0.6 is 0 Å². The zero-order chi connectivity index (χ0) is 19.8. The lowest BCUT2D eigenvalue weighted by atomic mass is 10.1. The van der Waals surface area contributed by atoms with Crippen LogP contribution in [-0.2, 0) is 9.47 Å². The molecule has 1 amide bonds. The second-order valence-electron chi connectivity index (χ2n) is 7.20. The number of nitrogens with one attached hydrogen (secondary N) is 2. The van der Waals surface area contributed by atoms with Crippen molar-refractivity contribution in [1.29, 1.82) is 0 Å². The second kappa shape index (κ2) is 10.4. The van der Waals surface area contributed by atoms with Gasteiger partial charge in [-0.15, -0.1) is 0 Å². The molecule has 0 spiro atoms. The first kappa shape index (κ1) is 20.6. The molecular weight excluding hydrogens is 360 g/mol. The van der Waals surface area contributed by atoms with Gasteiger partial charge in [0.25, 0.3) is 0 Å². The Morgan fingerprint density at radius 2 is 2.00 bits per heavy atom. The molecule has 0 aliphatic carbocycles. The SMILES string of the molecule is CCOC(=O)N1CCC(Nc2cc(C)nc(NCCN3CCOCC3)n2)CC1. The quantitative estimate of drug-likeness (QED) is 0.722. The number of rotatable bonds is 7. The molecule has 0 unspecified atom stereocenters. The van der Waals surface area contributed by atoms with Gasteiger partial charge in [-0.25, -0.2) is 9.78 Å². The van der Waals surface area contributed by atoms with Gasteiger partial charge in [-0.3, -0.25) is 4.90 Å². The lowest BCUT2D eigenvalue weighted by molar-refractivity contribution is 0.0398. The molecule has 1 aromatic rings. The molecule has 9 nitrogen and oxygen atoms in total. The summed E-state index contributed by atoms with van der Waals surface area (Å²) in [6.07, 6.45) is 1.54. The number of likely N-dealkylation sites (tertiary alicyclic amines) is 1. The lowest BCUT2D eigenvalue weighted by Gasteiger charge is -2.32. The Balaban J connectivity index is 1.46. The maximum atomic E-state index is 11.8. The molecule has 2 N–H and O–H groups in total. The van der Waals surface area contributed by atoms with Crippen LogP contribution in [0.5, 0.6) is 0 Å². The molecule has 2 fully saturated rings. The third-order valence-corrected chi connectivity index (χ3v) is 5.04. The Kier molecular flexibility index (Phi) is 7.67. The van der Waals surface area contributed by atoms with Crippen molar-refractivity contribution in [3.8, 4) is 0 Å². The molecule has 3 rings (SSSR count). The Morgan fingerprint density at radius 1 is 1.25 bits per heavy atom. The van der Waals surface area contributed by atoms with Gasteiger partial charge in [-0.1, -0.05) is 0 Å². The maximum absolute atomic E-state index is 11.8. The van der Waals surface area contributed by atoms with E-state index in [-0.39, 0.29) is 6.09 Å². The molecule has 0 radical (unpaired) electrons. The van der Waals surface area contributed by atoms with Crippen molar-refractivity contribution in [3.63, 3.8) is 0 Å². The maximum Gasteiger partial charge on any atom is 0.409 e. The number of nitrogens with zero attached hydrogens (tertiary/aromatic N) is 4. The van der Waals surface area contributed by atoms with Gasteiger partial charge in [-0.05, 0) is 26.7 Å². The van der Waals surface area contributed by atoms with Crippen molar-refractivity contribution < 1.29 is 14.3 Å². The summed E-state index contributed by atoms with van der Waals surface area (Å²) >= 11 is 0. The summed E-state index contributed by atoms with van der Waals surface area (Å²) in [5.74, 6) is 1.48. The van der Waals surface area contributed by atoms with Gasteiger partial charge >= 0.3 is 6.09 Å². The van der Waals surface area contributed by atoms with Gasteiger partial charge in [0.2, 0.25) is 5.95 Å². The average Bonchev–Trinajstić information content (AvgIpc) is 2.69. The highest BCUT2D eigenvalue weighted by atomic mass is 16.6. The number of aryl methyl sites for hydroxylation is 1. The van der Waals surface area contributed by atoms with Crippen LogP contribution in [0, 0.1) is 6.92 Å². The van der Waals surface area contributed by atoms with Crippen LogP contribution in [0.15, 0.2) is 6.07 Å². The molecule has 3 heterocycles. The van der Waals surface area contributed by atoms with Crippen LogP contribution < -0.4 is 10.6 Å². The lowest BCUT2D eigenvalue weighted by Crippen LogP contribution is -2.42. The first-order valence-corrected chi connectivity index (χ1v) is 10.2. The molecule has 2 aliphatic heterocycles. The van der Waals surface area contributed by atoms with Gasteiger partial charge in [-0.2, -0.15) is 4.98 Å². The zero-order valence-electron chi connectivity index (χ0n) is 16.9. The van der Waals surface area contributed by atoms with E-state index in [9.17, 15) is 4.79 Å². The number of ether oxygens (including phenoxy) is 2. The highest BCUT2D eigenvalue weighted by molar-refractivity contribution is 5.67. The standard InChI is InChI=1S/C19H32N6O3/c1-3-28-19(26)25-7-4-16(5-8-25)22-17-14-15(2)21-18(23-17)20-6-9-24-10-12-27-13-11-24/h14,16H,3-13H2,1-2H3,(H2,20,21,22,23). The van der Waals surface area contributed by atoms with Crippen molar-refractivity contribution in [2.75, 3.05) is 69.7 Å². The zero-order valence-corrected chi connectivity index (χ0v) is 16.9. The minimum atomic E-state index is -0.217. The van der Waals surface area contributed by atoms with Crippen LogP contribution in [0.3, 0.4) is 0 Å². The molecule has 0 aromatic carbocycles. The second-order valence-corrected chi connectivity index (χ2v) is 7.20. The first-order valence-electron chi connectivity index (χ1n) is 10.2. The monoisotopic (exact) mass is 392 g/mol. The highest BCUT2D eigenvalue weighted by Crippen LogP contribution is 2.17. The summed E-state index contributed by atoms with van der Waals surface area (Å²) in [5, 5.41) is 6.83. The van der Waals surface area contributed by atoms with Crippen LogP contribution in [0.25, 0.3) is 0 Å². The molecule has 0 bridgehead atoms. The molecule has 1 aromatic heterocycles. The van der Waals surface area contributed by atoms with Crippen LogP contribution in [0.1, 0.15) is 25.5 Å². The van der Waals surface area contributed by atoms with Gasteiger partial charge in [0.15, 0.2) is 0 Å². The molecule has 2 saturated heterocycles. The van der Waals surface area contributed by atoms with Crippen LogP contribution in [0.2, 0.25) is 0 Å². The predicted molar refractivity (Wildman–Crippen MR) is 108 cm³/mol. The van der Waals surface area contributed by atoms with E-state index in [1.807, 2.05) is 19.9 Å². The number of amides is 1. The van der Waals surface area contributed by atoms with E-state index >= 15 is 0 Å². The summed E-state index contributed by atoms with van der Waals surface area (Å²) in [7, 11) is 0. The fraction of sp³-hybridized carbons (Fsp3) is 0.737. The van der Waals surface area contributed by atoms with Gasteiger partial charge in [0.05, 0.1) is 19.8 Å². The number of anilines is 2. The summed E-state index contributed by atoms with van der Waals surface area (Å²) < 4.78 is 10.5. The molecule has 9 heteroatoms. The van der Waals surface area contributed by atoms with E-state index < -0.39 is 0 Å². The predicted octanol–water partition coefficient (Wildman–Crippen LogP) is 1.56. The number of carbonyl (C=O) groups excluding carboxylic acids is 1. The number of morpholine rings is 1. The Hall–Kier alpha value is -2.13. The average molecular weight is 393 g/mol. The summed E-state index contributed by atoms with van der Waals surface area (Å²) in [4.78, 5) is 25.1. The number of piperidine rings is 1. The number of carbonyl (C=O) groups is 1. The fourth-order valence-electron chi connectivity index (χ4n) is 3.50. The van der Waals surface area contributed by atoms with Crippen molar-refractivity contribution in [3.05, 3.63) is 11.8 Å². The molecule has 2 aliphatic rings. The molecule has 156 valence electrons. The largest absolute Gasteiger partial charge is 0.450 e. The minimum absolute atomic E-state index is 0.217. The van der Waals surface area contributed by atoms with Crippen LogP contribution in [0.4, 0.5) is 16.6 Å². The van der Waals surface area contributed by atoms with Gasteiger partial charge in [0, 0.05) is 57.1 Å². The van der Waals surface area contributed by atoms with Crippen molar-refractivity contribution in [1.82, 2.24) is 19.8 Å². The van der Waals surface area contributed by atoms with Gasteiger partial charge in [0.1, 0.15) is 5.82 Å². The van der Waals surface area contributed by atoms with E-state index in [0.29, 0.717) is 31.7 Å². The van der Waals surface area contributed by atoms with Crippen molar-refractivity contribution >= 4 is 17.9 Å². The van der Waals surface area contributed by atoms with Crippen molar-refractivity contribution in [2.45, 2.75) is 32.7 Å². The minimum Gasteiger partial charge on any atom is -0.450 e. The summed E-state index contributed by atoms with van der Waals surface area (Å²) in [5.41, 5.74) is 0.926. The van der Waals surface area contributed by atoms with Gasteiger partial charge < -0.3 is 25.0 Å². The molecular formula is C19H32N6O3.